The highest BCUT2D eigenvalue weighted by Gasteiger charge is 1.90. The summed E-state index contributed by atoms with van der Waals surface area (Å²) in [5, 5.41) is 7.51. The van der Waals surface area contributed by atoms with Gasteiger partial charge in [-0.15, -0.1) is 5.10 Å². The Morgan fingerprint density at radius 1 is 1.75 bits per heavy atom. The minimum absolute atomic E-state index is 0.909. The molecule has 0 unspecified atom stereocenters. The molecule has 3 nitrogen and oxygen atoms in total. The molecular formula is C5H9N3. The predicted octanol–water partition coefficient (Wildman–Crippen LogP) is 0.606. The van der Waals surface area contributed by atoms with Crippen LogP contribution in [0.2, 0.25) is 0 Å². The molecule has 44 valence electrons. The van der Waals surface area contributed by atoms with Gasteiger partial charge < -0.3 is 0 Å². The Morgan fingerprint density at radius 3 is 2.75 bits per heavy atom. The number of hydrogen-bond acceptors (Lipinski definition) is 2. The average molecular weight is 111 g/mol. The summed E-state index contributed by atoms with van der Waals surface area (Å²) in [6.07, 6.45) is 1.75. The molecule has 0 bridgehead atoms. The van der Waals surface area contributed by atoms with Gasteiger partial charge in [-0.1, -0.05) is 5.21 Å². The van der Waals surface area contributed by atoms with Crippen LogP contribution in [0.3, 0.4) is 0 Å². The second-order valence-corrected chi connectivity index (χ2v) is 1.69. The third kappa shape index (κ3) is 0.710. The minimum Gasteiger partial charge on any atom is -0.250 e. The van der Waals surface area contributed by atoms with Crippen LogP contribution in [-0.2, 0) is 6.54 Å². The second-order valence-electron chi connectivity index (χ2n) is 1.69. The van der Waals surface area contributed by atoms with Gasteiger partial charge in [0.05, 0.1) is 11.9 Å². The van der Waals surface area contributed by atoms with E-state index in [0.29, 0.717) is 0 Å². The van der Waals surface area contributed by atoms with Crippen LogP contribution >= 0.6 is 0 Å². The molecule has 0 aromatic carbocycles. The van der Waals surface area contributed by atoms with Crippen LogP contribution < -0.4 is 0 Å². The highest BCUT2D eigenvalue weighted by atomic mass is 15.4. The summed E-state index contributed by atoms with van der Waals surface area (Å²) in [4.78, 5) is 0. The lowest BCUT2D eigenvalue weighted by atomic mass is 10.5. The Morgan fingerprint density at radius 2 is 2.50 bits per heavy atom. The monoisotopic (exact) mass is 111 g/mol. The third-order valence-corrected chi connectivity index (χ3v) is 1.11. The van der Waals surface area contributed by atoms with Crippen molar-refractivity contribution in [2.45, 2.75) is 20.4 Å². The molecule has 0 saturated heterocycles. The topological polar surface area (TPSA) is 30.7 Å². The zero-order valence-corrected chi connectivity index (χ0v) is 5.13. The summed E-state index contributed by atoms with van der Waals surface area (Å²) >= 11 is 0. The molecule has 0 fully saturated rings. The summed E-state index contributed by atoms with van der Waals surface area (Å²) < 4.78 is 1.85. The molecular weight excluding hydrogens is 102 g/mol. The number of nitrogens with zero attached hydrogens (tertiary/aromatic N) is 3. The molecule has 1 aromatic heterocycles. The van der Waals surface area contributed by atoms with E-state index in [1.807, 2.05) is 18.5 Å². The molecule has 3 heteroatoms. The van der Waals surface area contributed by atoms with Crippen LogP contribution in [0.15, 0.2) is 6.20 Å². The van der Waals surface area contributed by atoms with E-state index in [0.717, 1.165) is 12.2 Å². The lowest BCUT2D eigenvalue weighted by Gasteiger charge is -1.92. The Hall–Kier alpha value is -0.860. The van der Waals surface area contributed by atoms with Gasteiger partial charge in [0.25, 0.3) is 0 Å². The molecule has 0 aliphatic rings. The van der Waals surface area contributed by atoms with Gasteiger partial charge in [0.15, 0.2) is 0 Å². The molecule has 1 rings (SSSR count). The van der Waals surface area contributed by atoms with E-state index in [2.05, 4.69) is 10.3 Å². The van der Waals surface area contributed by atoms with Crippen molar-refractivity contribution in [2.24, 2.45) is 0 Å². The maximum Gasteiger partial charge on any atom is 0.0722 e. The molecule has 0 aliphatic carbocycles. The van der Waals surface area contributed by atoms with Gasteiger partial charge in [0.2, 0.25) is 0 Å². The summed E-state index contributed by atoms with van der Waals surface area (Å²) in [7, 11) is 0. The van der Waals surface area contributed by atoms with Crippen molar-refractivity contribution in [3.63, 3.8) is 0 Å². The lowest BCUT2D eigenvalue weighted by molar-refractivity contribution is 0.611. The second kappa shape index (κ2) is 1.94. The first-order chi connectivity index (χ1) is 3.84. The first-order valence-corrected chi connectivity index (χ1v) is 2.69. The largest absolute Gasteiger partial charge is 0.250 e. The number of hydrogen-bond donors (Lipinski definition) is 0. The fourth-order valence-corrected chi connectivity index (χ4v) is 0.622. The quantitative estimate of drug-likeness (QED) is 0.531. The van der Waals surface area contributed by atoms with E-state index in [1.165, 1.54) is 0 Å². The van der Waals surface area contributed by atoms with Crippen molar-refractivity contribution in [2.75, 3.05) is 0 Å². The number of aromatic nitrogens is 3. The molecule has 0 radical (unpaired) electrons. The number of rotatable bonds is 1. The minimum atomic E-state index is 0.909. The highest BCUT2D eigenvalue weighted by molar-refractivity contribution is 4.87. The van der Waals surface area contributed by atoms with E-state index in [9.17, 15) is 0 Å². The fraction of sp³-hybridized carbons (Fsp3) is 0.600. The van der Waals surface area contributed by atoms with Gasteiger partial charge in [-0.25, -0.2) is 4.68 Å². The van der Waals surface area contributed by atoms with Gasteiger partial charge in [-0.05, 0) is 13.8 Å². The molecule has 0 atom stereocenters. The molecule has 0 aliphatic heterocycles. The van der Waals surface area contributed by atoms with Crippen LogP contribution in [0, 0.1) is 6.92 Å². The standard InChI is InChI=1S/C5H9N3/c1-3-8-5(2)4-6-7-8/h4H,3H2,1-2H3. The van der Waals surface area contributed by atoms with Gasteiger partial charge >= 0.3 is 0 Å². The van der Waals surface area contributed by atoms with Gasteiger partial charge in [0, 0.05) is 6.54 Å². The van der Waals surface area contributed by atoms with E-state index in [4.69, 9.17) is 0 Å². The zero-order valence-electron chi connectivity index (χ0n) is 5.13. The first kappa shape index (κ1) is 5.28. The van der Waals surface area contributed by atoms with Gasteiger partial charge in [-0.3, -0.25) is 0 Å². The predicted molar refractivity (Wildman–Crippen MR) is 30.4 cm³/mol. The Balaban J connectivity index is 2.92. The van der Waals surface area contributed by atoms with Crippen LogP contribution in [0.25, 0.3) is 0 Å². The van der Waals surface area contributed by atoms with Gasteiger partial charge in [0.1, 0.15) is 0 Å². The maximum atomic E-state index is 3.80. The van der Waals surface area contributed by atoms with Crippen molar-refractivity contribution >= 4 is 0 Å². The van der Waals surface area contributed by atoms with Crippen molar-refractivity contribution in [3.8, 4) is 0 Å². The van der Waals surface area contributed by atoms with Crippen LogP contribution in [0.5, 0.6) is 0 Å². The summed E-state index contributed by atoms with van der Waals surface area (Å²) in [5.74, 6) is 0. The van der Waals surface area contributed by atoms with Crippen molar-refractivity contribution in [1.29, 1.82) is 0 Å². The molecule has 0 spiro atoms. The van der Waals surface area contributed by atoms with Crippen molar-refractivity contribution in [3.05, 3.63) is 11.9 Å². The lowest BCUT2D eigenvalue weighted by Crippen LogP contribution is -1.97. The van der Waals surface area contributed by atoms with Crippen molar-refractivity contribution < 1.29 is 0 Å². The molecule has 0 N–H and O–H groups in total. The highest BCUT2D eigenvalue weighted by Crippen LogP contribution is 1.89. The van der Waals surface area contributed by atoms with Crippen molar-refractivity contribution in [1.82, 2.24) is 15.0 Å². The first-order valence-electron chi connectivity index (χ1n) is 2.69. The molecule has 0 amide bonds. The smallest absolute Gasteiger partial charge is 0.0722 e. The third-order valence-electron chi connectivity index (χ3n) is 1.11. The Kier molecular flexibility index (Phi) is 1.28. The summed E-state index contributed by atoms with van der Waals surface area (Å²) in [6.45, 7) is 4.94. The normalized spacial score (nSPS) is 9.75. The van der Waals surface area contributed by atoms with Crippen LogP contribution in [0.1, 0.15) is 12.6 Å². The van der Waals surface area contributed by atoms with Crippen LogP contribution in [-0.4, -0.2) is 15.0 Å². The Bertz CT molecular complexity index is 168. The fourth-order valence-electron chi connectivity index (χ4n) is 0.622. The summed E-state index contributed by atoms with van der Waals surface area (Å²) in [6, 6.07) is 0. The van der Waals surface area contributed by atoms with E-state index >= 15 is 0 Å². The van der Waals surface area contributed by atoms with E-state index in [-0.39, 0.29) is 0 Å². The number of aryl methyl sites for hydroxylation is 2. The van der Waals surface area contributed by atoms with Crippen LogP contribution in [0.4, 0.5) is 0 Å². The zero-order chi connectivity index (χ0) is 5.98. The van der Waals surface area contributed by atoms with E-state index < -0.39 is 0 Å². The molecule has 0 saturated carbocycles. The summed E-state index contributed by atoms with van der Waals surface area (Å²) in [5.41, 5.74) is 1.12. The molecule has 8 heavy (non-hydrogen) atoms. The molecule has 1 heterocycles. The molecule has 1 aromatic rings. The van der Waals surface area contributed by atoms with E-state index in [1.54, 1.807) is 6.20 Å². The Labute approximate surface area is 48.3 Å². The maximum absolute atomic E-state index is 3.80. The van der Waals surface area contributed by atoms with Gasteiger partial charge in [-0.2, -0.15) is 0 Å². The SMILES string of the molecule is CCn1nncc1C. The average Bonchev–Trinajstić information content (AvgIpc) is 2.14.